The number of hydrogen-bond acceptors (Lipinski definition) is 5. The van der Waals surface area contributed by atoms with E-state index in [-0.39, 0.29) is 35.4 Å². The predicted molar refractivity (Wildman–Crippen MR) is 109 cm³/mol. The number of benzene rings is 2. The molecular weight excluding hydrogens is 387 g/mol. The number of carbonyl (C=O) groups excluding carboxylic acids is 1. The number of pyridine rings is 1. The summed E-state index contributed by atoms with van der Waals surface area (Å²) in [7, 11) is 0. The molecule has 0 atom stereocenters. The van der Waals surface area contributed by atoms with Crippen LogP contribution in [0.2, 0.25) is 0 Å². The zero-order valence-electron chi connectivity index (χ0n) is 16.0. The maximum absolute atomic E-state index is 14.0. The van der Waals surface area contributed by atoms with Gasteiger partial charge in [-0.3, -0.25) is 14.2 Å². The largest absolute Gasteiger partial charge is 0.332 e. The Labute approximate surface area is 170 Å². The van der Waals surface area contributed by atoms with Gasteiger partial charge in [-0.2, -0.15) is 4.98 Å². The molecule has 1 N–H and O–H groups in total. The number of halogens is 1. The molecule has 4 rings (SSSR count). The molecule has 1 amide bonds. The van der Waals surface area contributed by atoms with Gasteiger partial charge in [0.05, 0.1) is 5.56 Å². The minimum atomic E-state index is -0.493. The van der Waals surface area contributed by atoms with Crippen molar-refractivity contribution in [3.05, 3.63) is 88.5 Å². The zero-order valence-corrected chi connectivity index (χ0v) is 16.0. The van der Waals surface area contributed by atoms with Crippen molar-refractivity contribution in [2.24, 2.45) is 0 Å². The lowest BCUT2D eigenvalue weighted by atomic mass is 10.2. The second-order valence-electron chi connectivity index (χ2n) is 6.66. The van der Waals surface area contributed by atoms with Crippen molar-refractivity contribution in [2.75, 3.05) is 5.32 Å². The monoisotopic (exact) mass is 404 g/mol. The number of amides is 1. The van der Waals surface area contributed by atoms with E-state index in [1.165, 1.54) is 28.8 Å². The SMILES string of the molecule is Cc1cccc(NC(=O)Cn2c(-c3nc(-c4ccccc4F)no3)cccc2=O)c1. The average molecular weight is 404 g/mol. The lowest BCUT2D eigenvalue weighted by Crippen LogP contribution is -2.28. The minimum Gasteiger partial charge on any atom is -0.332 e. The smallest absolute Gasteiger partial charge is 0.274 e. The Morgan fingerprint density at radius 1 is 1.10 bits per heavy atom. The summed E-state index contributed by atoms with van der Waals surface area (Å²) in [5.41, 5.74) is 1.66. The Morgan fingerprint density at radius 3 is 2.70 bits per heavy atom. The third-order valence-electron chi connectivity index (χ3n) is 4.41. The first-order valence-corrected chi connectivity index (χ1v) is 9.16. The van der Waals surface area contributed by atoms with E-state index >= 15 is 0 Å². The van der Waals surface area contributed by atoms with E-state index in [1.807, 2.05) is 25.1 Å². The van der Waals surface area contributed by atoms with Crippen LogP contribution in [0.1, 0.15) is 5.56 Å². The summed E-state index contributed by atoms with van der Waals surface area (Å²) in [4.78, 5) is 29.1. The van der Waals surface area contributed by atoms with Crippen LogP contribution >= 0.6 is 0 Å². The number of aryl methyl sites for hydroxylation is 1. The van der Waals surface area contributed by atoms with Gasteiger partial charge in [0.15, 0.2) is 0 Å². The van der Waals surface area contributed by atoms with Crippen molar-refractivity contribution in [1.82, 2.24) is 14.7 Å². The molecule has 2 aromatic carbocycles. The van der Waals surface area contributed by atoms with Crippen LogP contribution in [0.4, 0.5) is 10.1 Å². The van der Waals surface area contributed by atoms with E-state index < -0.39 is 11.4 Å². The standard InChI is InChI=1S/C22H17FN4O3/c1-14-6-4-7-15(12-14)24-19(28)13-27-18(10-5-11-20(27)29)22-25-21(26-30-22)16-8-2-3-9-17(16)23/h2-12H,13H2,1H3,(H,24,28). The lowest BCUT2D eigenvalue weighted by Gasteiger charge is -2.10. The third-order valence-corrected chi connectivity index (χ3v) is 4.41. The molecule has 0 spiro atoms. The average Bonchev–Trinajstić information content (AvgIpc) is 3.19. The van der Waals surface area contributed by atoms with Crippen molar-refractivity contribution < 1.29 is 13.7 Å². The molecule has 7 nitrogen and oxygen atoms in total. The van der Waals surface area contributed by atoms with E-state index in [2.05, 4.69) is 15.5 Å². The molecule has 0 saturated heterocycles. The topological polar surface area (TPSA) is 90.0 Å². The van der Waals surface area contributed by atoms with Gasteiger partial charge < -0.3 is 9.84 Å². The van der Waals surface area contributed by atoms with Gasteiger partial charge in [-0.15, -0.1) is 0 Å². The summed E-state index contributed by atoms with van der Waals surface area (Å²) >= 11 is 0. The highest BCUT2D eigenvalue weighted by molar-refractivity contribution is 5.90. The molecule has 8 heteroatoms. The van der Waals surface area contributed by atoms with Crippen molar-refractivity contribution in [2.45, 2.75) is 13.5 Å². The van der Waals surface area contributed by atoms with Gasteiger partial charge in [0.2, 0.25) is 11.7 Å². The first-order valence-electron chi connectivity index (χ1n) is 9.16. The molecule has 2 aromatic heterocycles. The molecule has 150 valence electrons. The Hall–Kier alpha value is -4.07. The molecule has 0 radical (unpaired) electrons. The highest BCUT2D eigenvalue weighted by Crippen LogP contribution is 2.23. The summed E-state index contributed by atoms with van der Waals surface area (Å²) in [6, 6.07) is 17.8. The molecule has 0 saturated carbocycles. The Bertz CT molecular complexity index is 1280. The van der Waals surface area contributed by atoms with Crippen LogP contribution < -0.4 is 10.9 Å². The Kier molecular flexibility index (Phi) is 5.21. The summed E-state index contributed by atoms with van der Waals surface area (Å²) in [5, 5.41) is 6.57. The van der Waals surface area contributed by atoms with Crippen LogP contribution in [0.5, 0.6) is 0 Å². The van der Waals surface area contributed by atoms with E-state index in [4.69, 9.17) is 4.52 Å². The number of rotatable bonds is 5. The Morgan fingerprint density at radius 2 is 1.90 bits per heavy atom. The van der Waals surface area contributed by atoms with Crippen molar-refractivity contribution in [1.29, 1.82) is 0 Å². The predicted octanol–water partition coefficient (Wildman–Crippen LogP) is 3.65. The van der Waals surface area contributed by atoms with Crippen LogP contribution in [0, 0.1) is 12.7 Å². The maximum Gasteiger partial charge on any atom is 0.274 e. The highest BCUT2D eigenvalue weighted by atomic mass is 19.1. The van der Waals surface area contributed by atoms with E-state index in [9.17, 15) is 14.0 Å². The van der Waals surface area contributed by atoms with Crippen LogP contribution in [0.25, 0.3) is 23.0 Å². The van der Waals surface area contributed by atoms with E-state index in [0.717, 1.165) is 5.56 Å². The Balaban J connectivity index is 1.63. The third kappa shape index (κ3) is 4.02. The van der Waals surface area contributed by atoms with Gasteiger partial charge in [0, 0.05) is 11.8 Å². The number of hydrogen-bond donors (Lipinski definition) is 1. The number of anilines is 1. The summed E-state index contributed by atoms with van der Waals surface area (Å²) in [6.07, 6.45) is 0. The number of nitrogens with one attached hydrogen (secondary N) is 1. The first kappa shape index (κ1) is 19.3. The normalized spacial score (nSPS) is 10.7. The van der Waals surface area contributed by atoms with Crippen molar-refractivity contribution >= 4 is 11.6 Å². The molecular formula is C22H17FN4O3. The number of carbonyl (C=O) groups is 1. The van der Waals surface area contributed by atoms with Gasteiger partial charge in [0.25, 0.3) is 11.4 Å². The number of aromatic nitrogens is 3. The molecule has 0 aliphatic carbocycles. The fourth-order valence-electron chi connectivity index (χ4n) is 3.02. The second kappa shape index (κ2) is 8.12. The van der Waals surface area contributed by atoms with Crippen LogP contribution in [0.3, 0.4) is 0 Å². The van der Waals surface area contributed by atoms with Gasteiger partial charge in [-0.05, 0) is 42.8 Å². The lowest BCUT2D eigenvalue weighted by molar-refractivity contribution is -0.116. The zero-order chi connectivity index (χ0) is 21.1. The van der Waals surface area contributed by atoms with Gasteiger partial charge in [-0.1, -0.05) is 35.5 Å². The van der Waals surface area contributed by atoms with Gasteiger partial charge in [0.1, 0.15) is 18.1 Å². The summed E-state index contributed by atoms with van der Waals surface area (Å²) in [6.45, 7) is 1.67. The van der Waals surface area contributed by atoms with E-state index in [0.29, 0.717) is 5.69 Å². The first-order chi connectivity index (χ1) is 14.5. The minimum absolute atomic E-state index is 0.00862. The number of nitrogens with zero attached hydrogens (tertiary/aromatic N) is 3. The van der Waals surface area contributed by atoms with Crippen molar-refractivity contribution in [3.63, 3.8) is 0 Å². The molecule has 0 bridgehead atoms. The molecule has 0 aliphatic rings. The van der Waals surface area contributed by atoms with Crippen LogP contribution in [-0.4, -0.2) is 20.6 Å². The van der Waals surface area contributed by atoms with Crippen LogP contribution in [-0.2, 0) is 11.3 Å². The van der Waals surface area contributed by atoms with Gasteiger partial charge >= 0.3 is 0 Å². The molecule has 0 fully saturated rings. The summed E-state index contributed by atoms with van der Waals surface area (Å²) in [5.74, 6) is -0.818. The molecule has 30 heavy (non-hydrogen) atoms. The fraction of sp³-hybridized carbons (Fsp3) is 0.0909. The highest BCUT2D eigenvalue weighted by Gasteiger charge is 2.18. The van der Waals surface area contributed by atoms with Crippen molar-refractivity contribution in [3.8, 4) is 23.0 Å². The van der Waals surface area contributed by atoms with Crippen LogP contribution in [0.15, 0.2) is 76.0 Å². The maximum atomic E-state index is 14.0. The second-order valence-corrected chi connectivity index (χ2v) is 6.66. The fourth-order valence-corrected chi connectivity index (χ4v) is 3.02. The molecule has 2 heterocycles. The summed E-state index contributed by atoms with van der Waals surface area (Å²) < 4.78 is 20.5. The molecule has 0 aliphatic heterocycles. The van der Waals surface area contributed by atoms with E-state index in [1.54, 1.807) is 24.3 Å². The molecule has 0 unspecified atom stereocenters. The van der Waals surface area contributed by atoms with Gasteiger partial charge in [-0.25, -0.2) is 4.39 Å². The quantitative estimate of drug-likeness (QED) is 0.548. The molecule has 4 aromatic rings.